The number of methoxy groups -OCH3 is 1. The fourth-order valence-corrected chi connectivity index (χ4v) is 1.64. The maximum Gasteiger partial charge on any atom is 0.305 e. The van der Waals surface area contributed by atoms with Gasteiger partial charge in [0.25, 0.3) is 0 Å². The summed E-state index contributed by atoms with van der Waals surface area (Å²) in [5.74, 6) is 0.570. The molecular formula is C15H16N3O2+. The highest BCUT2D eigenvalue weighted by Crippen LogP contribution is 2.10. The number of pyridine rings is 1. The van der Waals surface area contributed by atoms with Crippen molar-refractivity contribution < 1.29 is 14.1 Å². The molecule has 0 aliphatic carbocycles. The summed E-state index contributed by atoms with van der Waals surface area (Å²) >= 11 is 0. The number of carbonyl (C=O) groups excluding carboxylic acids is 1. The number of rotatable bonds is 5. The molecule has 1 N–H and O–H groups in total. The molecule has 2 rings (SSSR count). The van der Waals surface area contributed by atoms with Crippen LogP contribution in [0.15, 0.2) is 60.0 Å². The number of nitrogens with zero attached hydrogens (tertiary/aromatic N) is 2. The van der Waals surface area contributed by atoms with Crippen molar-refractivity contribution in [2.75, 3.05) is 7.11 Å². The second-order valence-corrected chi connectivity index (χ2v) is 4.12. The third kappa shape index (κ3) is 4.20. The van der Waals surface area contributed by atoms with Crippen LogP contribution < -0.4 is 14.7 Å². The van der Waals surface area contributed by atoms with Gasteiger partial charge in [-0.25, -0.2) is 5.43 Å². The van der Waals surface area contributed by atoms with Gasteiger partial charge in [-0.3, -0.25) is 4.79 Å². The minimum Gasteiger partial charge on any atom is -0.497 e. The molecule has 20 heavy (non-hydrogen) atoms. The van der Waals surface area contributed by atoms with Gasteiger partial charge >= 0.3 is 5.91 Å². The summed E-state index contributed by atoms with van der Waals surface area (Å²) in [4.78, 5) is 11.7. The zero-order chi connectivity index (χ0) is 14.2. The first-order chi connectivity index (χ1) is 9.78. The number of aromatic nitrogens is 1. The molecule has 5 nitrogen and oxygen atoms in total. The fraction of sp³-hybridized carbons (Fsp3) is 0.133. The Morgan fingerprint density at radius 3 is 2.85 bits per heavy atom. The lowest BCUT2D eigenvalue weighted by molar-refractivity contribution is -0.684. The predicted octanol–water partition coefficient (Wildman–Crippen LogP) is 1.13. The second kappa shape index (κ2) is 7.04. The van der Waals surface area contributed by atoms with E-state index in [2.05, 4.69) is 10.5 Å². The Labute approximate surface area is 117 Å². The van der Waals surface area contributed by atoms with E-state index in [1.54, 1.807) is 17.9 Å². The summed E-state index contributed by atoms with van der Waals surface area (Å²) < 4.78 is 6.88. The standard InChI is InChI=1S/C15H15N3O2/c1-20-14-7-5-6-13(10-14)11-16-17-15(19)12-18-8-3-2-4-9-18/h2-11H,12H2,1H3/p+1/b16-11+. The Balaban J connectivity index is 1.88. The van der Waals surface area contributed by atoms with Gasteiger partial charge in [0.2, 0.25) is 6.54 Å². The molecular weight excluding hydrogens is 254 g/mol. The van der Waals surface area contributed by atoms with Gasteiger partial charge in [-0.15, -0.1) is 0 Å². The van der Waals surface area contributed by atoms with Crippen molar-refractivity contribution in [3.63, 3.8) is 0 Å². The molecule has 0 fully saturated rings. The fourth-order valence-electron chi connectivity index (χ4n) is 1.64. The maximum atomic E-state index is 11.7. The molecule has 5 heteroatoms. The van der Waals surface area contributed by atoms with Gasteiger partial charge in [-0.05, 0) is 17.7 Å². The molecule has 0 unspecified atom stereocenters. The molecule has 2 aromatic rings. The lowest BCUT2D eigenvalue weighted by atomic mass is 10.2. The molecule has 0 aliphatic heterocycles. The SMILES string of the molecule is COc1cccc(/C=N/NC(=O)C[n+]2ccccc2)c1. The zero-order valence-electron chi connectivity index (χ0n) is 11.2. The Bertz CT molecular complexity index is 597. The summed E-state index contributed by atoms with van der Waals surface area (Å²) in [6.45, 7) is 0.232. The average Bonchev–Trinajstić information content (AvgIpc) is 2.48. The third-order valence-electron chi connectivity index (χ3n) is 2.60. The molecule has 0 radical (unpaired) electrons. The Morgan fingerprint density at radius 1 is 1.30 bits per heavy atom. The zero-order valence-corrected chi connectivity index (χ0v) is 11.2. The molecule has 102 valence electrons. The van der Waals surface area contributed by atoms with Crippen molar-refractivity contribution in [1.29, 1.82) is 0 Å². The topological polar surface area (TPSA) is 54.6 Å². The average molecular weight is 270 g/mol. The van der Waals surface area contributed by atoms with Crippen molar-refractivity contribution in [3.05, 3.63) is 60.4 Å². The molecule has 0 saturated carbocycles. The Hall–Kier alpha value is -2.69. The molecule has 1 amide bonds. The normalized spacial score (nSPS) is 10.4. The van der Waals surface area contributed by atoms with Crippen LogP contribution in [-0.4, -0.2) is 19.2 Å². The minimum absolute atomic E-state index is 0.180. The van der Waals surface area contributed by atoms with Gasteiger partial charge in [-0.1, -0.05) is 18.2 Å². The summed E-state index contributed by atoms with van der Waals surface area (Å²) in [6.07, 6.45) is 5.23. The first-order valence-electron chi connectivity index (χ1n) is 6.18. The molecule has 0 spiro atoms. The van der Waals surface area contributed by atoms with E-state index < -0.39 is 0 Å². The van der Waals surface area contributed by atoms with E-state index in [-0.39, 0.29) is 12.5 Å². The predicted molar refractivity (Wildman–Crippen MR) is 75.4 cm³/mol. The van der Waals surface area contributed by atoms with E-state index in [9.17, 15) is 4.79 Å². The van der Waals surface area contributed by atoms with E-state index in [0.29, 0.717) is 0 Å². The van der Waals surface area contributed by atoms with Crippen LogP contribution >= 0.6 is 0 Å². The van der Waals surface area contributed by atoms with Gasteiger partial charge in [0.1, 0.15) is 5.75 Å². The van der Waals surface area contributed by atoms with Gasteiger partial charge < -0.3 is 4.74 Å². The van der Waals surface area contributed by atoms with Crippen LogP contribution in [0.3, 0.4) is 0 Å². The van der Waals surface area contributed by atoms with Crippen molar-refractivity contribution in [1.82, 2.24) is 5.43 Å². The van der Waals surface area contributed by atoms with Crippen LogP contribution in [0.2, 0.25) is 0 Å². The van der Waals surface area contributed by atoms with Crippen molar-refractivity contribution in [3.8, 4) is 5.75 Å². The molecule has 1 aromatic carbocycles. The van der Waals surface area contributed by atoms with Crippen LogP contribution in [-0.2, 0) is 11.3 Å². The van der Waals surface area contributed by atoms with Gasteiger partial charge in [-0.2, -0.15) is 9.67 Å². The highest BCUT2D eigenvalue weighted by Gasteiger charge is 2.06. The van der Waals surface area contributed by atoms with Gasteiger partial charge in [0.15, 0.2) is 12.4 Å². The van der Waals surface area contributed by atoms with Crippen molar-refractivity contribution >= 4 is 12.1 Å². The number of amides is 1. The van der Waals surface area contributed by atoms with Crippen molar-refractivity contribution in [2.24, 2.45) is 5.10 Å². The summed E-state index contributed by atoms with van der Waals surface area (Å²) in [5, 5.41) is 3.92. The highest BCUT2D eigenvalue weighted by molar-refractivity contribution is 5.82. The van der Waals surface area contributed by atoms with E-state index in [4.69, 9.17) is 4.74 Å². The smallest absolute Gasteiger partial charge is 0.305 e. The number of hydrogen-bond acceptors (Lipinski definition) is 3. The van der Waals surface area contributed by atoms with E-state index in [1.807, 2.05) is 54.9 Å². The molecule has 0 aliphatic rings. The minimum atomic E-state index is -0.180. The van der Waals surface area contributed by atoms with Gasteiger partial charge in [0, 0.05) is 12.1 Å². The largest absolute Gasteiger partial charge is 0.497 e. The summed E-state index contributed by atoms with van der Waals surface area (Å²) in [6, 6.07) is 13.1. The number of hydrazone groups is 1. The van der Waals surface area contributed by atoms with E-state index in [0.717, 1.165) is 11.3 Å². The number of nitrogens with one attached hydrogen (secondary N) is 1. The Kier molecular flexibility index (Phi) is 4.83. The number of ether oxygens (including phenoxy) is 1. The first-order valence-corrected chi connectivity index (χ1v) is 6.18. The number of hydrogen-bond donors (Lipinski definition) is 1. The van der Waals surface area contributed by atoms with Crippen LogP contribution in [0.4, 0.5) is 0 Å². The molecule has 0 atom stereocenters. The number of carbonyl (C=O) groups is 1. The first kappa shape index (κ1) is 13.7. The van der Waals surface area contributed by atoms with Crippen LogP contribution in [0, 0.1) is 0 Å². The lowest BCUT2D eigenvalue weighted by Crippen LogP contribution is -2.40. The van der Waals surface area contributed by atoms with Crippen LogP contribution in [0.25, 0.3) is 0 Å². The summed E-state index contributed by atoms with van der Waals surface area (Å²) in [7, 11) is 1.61. The van der Waals surface area contributed by atoms with Crippen LogP contribution in [0.5, 0.6) is 5.75 Å². The summed E-state index contributed by atoms with van der Waals surface area (Å²) in [5.41, 5.74) is 3.34. The third-order valence-corrected chi connectivity index (χ3v) is 2.60. The van der Waals surface area contributed by atoms with E-state index in [1.165, 1.54) is 0 Å². The van der Waals surface area contributed by atoms with Gasteiger partial charge in [0.05, 0.1) is 13.3 Å². The molecule has 1 heterocycles. The number of benzene rings is 1. The highest BCUT2D eigenvalue weighted by atomic mass is 16.5. The Morgan fingerprint density at radius 2 is 2.10 bits per heavy atom. The molecule has 0 saturated heterocycles. The second-order valence-electron chi connectivity index (χ2n) is 4.12. The lowest BCUT2D eigenvalue weighted by Gasteiger charge is -2.00. The maximum absolute atomic E-state index is 11.7. The molecule has 0 bridgehead atoms. The van der Waals surface area contributed by atoms with Crippen molar-refractivity contribution in [2.45, 2.75) is 6.54 Å². The molecule has 1 aromatic heterocycles. The quantitative estimate of drug-likeness (QED) is 0.503. The van der Waals surface area contributed by atoms with E-state index >= 15 is 0 Å². The monoisotopic (exact) mass is 270 g/mol. The van der Waals surface area contributed by atoms with Crippen LogP contribution in [0.1, 0.15) is 5.56 Å².